The second-order valence-electron chi connectivity index (χ2n) is 4.34. The highest BCUT2D eigenvalue weighted by Crippen LogP contribution is 2.36. The summed E-state index contributed by atoms with van der Waals surface area (Å²) in [5.41, 5.74) is 1.75. The lowest BCUT2D eigenvalue weighted by Crippen LogP contribution is -2.35. The first-order chi connectivity index (χ1) is 8.97. The minimum atomic E-state index is -0.885. The molecule has 0 radical (unpaired) electrons. The Morgan fingerprint density at radius 1 is 1.53 bits per heavy atom. The second kappa shape index (κ2) is 5.82. The first kappa shape index (κ1) is 14.2. The number of hydrogen-bond acceptors (Lipinski definition) is 3. The Hall–Kier alpha value is -1.23. The van der Waals surface area contributed by atoms with E-state index in [2.05, 4.69) is 5.32 Å². The van der Waals surface area contributed by atoms with Crippen molar-refractivity contribution < 1.29 is 14.6 Å². The van der Waals surface area contributed by atoms with Gasteiger partial charge in [0, 0.05) is 17.1 Å². The quantitative estimate of drug-likeness (QED) is 0.898. The highest BCUT2D eigenvalue weighted by atomic mass is 35.5. The van der Waals surface area contributed by atoms with Crippen LogP contribution >= 0.6 is 23.2 Å². The lowest BCUT2D eigenvalue weighted by Gasteiger charge is -2.20. The van der Waals surface area contributed by atoms with Crippen LogP contribution in [0.1, 0.15) is 12.5 Å². The smallest absolute Gasteiger partial charge is 0.320 e. The van der Waals surface area contributed by atoms with Gasteiger partial charge in [-0.05, 0) is 30.7 Å². The number of benzene rings is 1. The maximum atomic E-state index is 10.7. The fraction of sp³-hybridized carbons (Fsp3) is 0.308. The van der Waals surface area contributed by atoms with Crippen molar-refractivity contribution >= 4 is 35.2 Å². The Morgan fingerprint density at radius 2 is 2.26 bits per heavy atom. The zero-order chi connectivity index (χ0) is 14.0. The van der Waals surface area contributed by atoms with E-state index in [0.29, 0.717) is 28.9 Å². The summed E-state index contributed by atoms with van der Waals surface area (Å²) >= 11 is 12.0. The van der Waals surface area contributed by atoms with Gasteiger partial charge in [0.25, 0.3) is 0 Å². The van der Waals surface area contributed by atoms with Crippen LogP contribution in [-0.2, 0) is 4.79 Å². The van der Waals surface area contributed by atoms with E-state index >= 15 is 0 Å². The van der Waals surface area contributed by atoms with Crippen molar-refractivity contribution in [1.82, 2.24) is 5.32 Å². The number of carboxylic acids is 1. The zero-order valence-electron chi connectivity index (χ0n) is 10.2. The predicted molar refractivity (Wildman–Crippen MR) is 75.0 cm³/mol. The molecule has 1 heterocycles. The molecule has 1 atom stereocenters. The summed E-state index contributed by atoms with van der Waals surface area (Å²) in [4.78, 5) is 10.7. The molecule has 2 rings (SSSR count). The molecule has 19 heavy (non-hydrogen) atoms. The Kier molecular flexibility index (Phi) is 4.34. The molecule has 1 aromatic rings. The number of aliphatic carboxylic acids is 1. The number of carbonyl (C=O) groups is 1. The van der Waals surface area contributed by atoms with Crippen LogP contribution in [0.4, 0.5) is 0 Å². The molecule has 1 aliphatic heterocycles. The molecule has 0 aliphatic carbocycles. The third-order valence-electron chi connectivity index (χ3n) is 2.80. The van der Waals surface area contributed by atoms with Crippen molar-refractivity contribution in [1.29, 1.82) is 0 Å². The van der Waals surface area contributed by atoms with E-state index in [-0.39, 0.29) is 0 Å². The Morgan fingerprint density at radius 3 is 2.95 bits per heavy atom. The molecule has 0 spiro atoms. The standard InChI is InChI=1S/C13H13Cl2NO3/c1-7(13(17)18)16-5-8-2-9-3-10(14)4-11(15)12(9)19-6-8/h2-4,7,16H,5-6H2,1H3,(H,17,18)/t7-/m0/s1. The van der Waals surface area contributed by atoms with Gasteiger partial charge in [0.2, 0.25) is 0 Å². The van der Waals surface area contributed by atoms with Gasteiger partial charge in [-0.3, -0.25) is 4.79 Å². The number of hydrogen-bond donors (Lipinski definition) is 2. The molecule has 0 fully saturated rings. The van der Waals surface area contributed by atoms with Gasteiger partial charge in [0.15, 0.2) is 0 Å². The van der Waals surface area contributed by atoms with Crippen LogP contribution in [0.2, 0.25) is 10.0 Å². The van der Waals surface area contributed by atoms with E-state index in [0.717, 1.165) is 11.1 Å². The lowest BCUT2D eigenvalue weighted by molar-refractivity contribution is -0.138. The van der Waals surface area contributed by atoms with Crippen molar-refractivity contribution in [2.24, 2.45) is 0 Å². The Balaban J connectivity index is 2.13. The summed E-state index contributed by atoms with van der Waals surface area (Å²) in [6.45, 7) is 2.42. The third kappa shape index (κ3) is 3.41. The number of halogens is 2. The maximum absolute atomic E-state index is 10.7. The summed E-state index contributed by atoms with van der Waals surface area (Å²) in [6.07, 6.45) is 1.91. The molecule has 0 aromatic heterocycles. The highest BCUT2D eigenvalue weighted by Gasteiger charge is 2.17. The molecule has 0 bridgehead atoms. The average molecular weight is 302 g/mol. The van der Waals surface area contributed by atoms with Crippen LogP contribution < -0.4 is 10.1 Å². The van der Waals surface area contributed by atoms with Crippen molar-refractivity contribution in [2.75, 3.05) is 13.2 Å². The molecule has 2 N–H and O–H groups in total. The summed E-state index contributed by atoms with van der Waals surface area (Å²) < 4.78 is 5.57. The number of rotatable bonds is 4. The molecule has 1 aliphatic rings. The molecule has 1 aromatic carbocycles. The van der Waals surface area contributed by atoms with E-state index in [1.54, 1.807) is 19.1 Å². The van der Waals surface area contributed by atoms with Crippen molar-refractivity contribution in [3.8, 4) is 5.75 Å². The second-order valence-corrected chi connectivity index (χ2v) is 5.18. The van der Waals surface area contributed by atoms with Crippen LogP contribution in [0.5, 0.6) is 5.75 Å². The molecule has 0 unspecified atom stereocenters. The van der Waals surface area contributed by atoms with E-state index in [4.69, 9.17) is 33.0 Å². The van der Waals surface area contributed by atoms with Crippen LogP contribution in [-0.4, -0.2) is 30.3 Å². The van der Waals surface area contributed by atoms with Gasteiger partial charge >= 0.3 is 5.97 Å². The number of ether oxygens (including phenoxy) is 1. The zero-order valence-corrected chi connectivity index (χ0v) is 11.8. The largest absolute Gasteiger partial charge is 0.487 e. The van der Waals surface area contributed by atoms with Crippen LogP contribution in [0.25, 0.3) is 6.08 Å². The number of fused-ring (bicyclic) bond motifs is 1. The van der Waals surface area contributed by atoms with E-state index in [9.17, 15) is 4.79 Å². The first-order valence-electron chi connectivity index (χ1n) is 5.75. The summed E-state index contributed by atoms with van der Waals surface area (Å²) in [5.74, 6) is -0.273. The molecular formula is C13H13Cl2NO3. The van der Waals surface area contributed by atoms with Gasteiger partial charge in [0.1, 0.15) is 18.4 Å². The van der Waals surface area contributed by atoms with Gasteiger partial charge < -0.3 is 15.2 Å². The molecule has 4 nitrogen and oxygen atoms in total. The van der Waals surface area contributed by atoms with E-state index in [1.807, 2.05) is 6.08 Å². The van der Waals surface area contributed by atoms with E-state index in [1.165, 1.54) is 0 Å². The molecule has 0 amide bonds. The minimum Gasteiger partial charge on any atom is -0.487 e. The topological polar surface area (TPSA) is 58.6 Å². The fourth-order valence-corrected chi connectivity index (χ4v) is 2.30. The van der Waals surface area contributed by atoms with Crippen molar-refractivity contribution in [3.05, 3.63) is 33.3 Å². The third-order valence-corrected chi connectivity index (χ3v) is 3.30. The van der Waals surface area contributed by atoms with Gasteiger partial charge in [-0.2, -0.15) is 0 Å². The Bertz CT molecular complexity index is 543. The molecular weight excluding hydrogens is 289 g/mol. The van der Waals surface area contributed by atoms with Crippen LogP contribution in [0.3, 0.4) is 0 Å². The van der Waals surface area contributed by atoms with Gasteiger partial charge in [0.05, 0.1) is 5.02 Å². The fourth-order valence-electron chi connectivity index (χ4n) is 1.74. The Labute approximate surface area is 121 Å². The molecule has 0 saturated carbocycles. The van der Waals surface area contributed by atoms with Crippen molar-refractivity contribution in [2.45, 2.75) is 13.0 Å². The number of nitrogens with one attached hydrogen (secondary N) is 1. The van der Waals surface area contributed by atoms with Crippen molar-refractivity contribution in [3.63, 3.8) is 0 Å². The summed E-state index contributed by atoms with van der Waals surface area (Å²) in [5, 5.41) is 12.7. The maximum Gasteiger partial charge on any atom is 0.320 e. The van der Waals surface area contributed by atoms with E-state index < -0.39 is 12.0 Å². The van der Waals surface area contributed by atoms with Gasteiger partial charge in [-0.25, -0.2) is 0 Å². The highest BCUT2D eigenvalue weighted by molar-refractivity contribution is 6.36. The first-order valence-corrected chi connectivity index (χ1v) is 6.50. The summed E-state index contributed by atoms with van der Waals surface area (Å²) in [7, 11) is 0. The molecule has 102 valence electrons. The average Bonchev–Trinajstić information content (AvgIpc) is 2.35. The number of carboxylic acid groups (broad SMARTS) is 1. The monoisotopic (exact) mass is 301 g/mol. The lowest BCUT2D eigenvalue weighted by atomic mass is 10.1. The normalized spacial score (nSPS) is 15.2. The molecule has 6 heteroatoms. The SMILES string of the molecule is C[C@H](NCC1=Cc2cc(Cl)cc(Cl)c2OC1)C(=O)O. The molecule has 0 saturated heterocycles. The van der Waals surface area contributed by atoms with Crippen LogP contribution in [0.15, 0.2) is 17.7 Å². The van der Waals surface area contributed by atoms with Gasteiger partial charge in [-0.15, -0.1) is 0 Å². The predicted octanol–water partition coefficient (Wildman–Crippen LogP) is 2.83. The summed E-state index contributed by atoms with van der Waals surface area (Å²) in [6, 6.07) is 2.79. The van der Waals surface area contributed by atoms with Gasteiger partial charge in [-0.1, -0.05) is 23.2 Å². The minimum absolute atomic E-state index is 0.383. The van der Waals surface area contributed by atoms with Crippen LogP contribution in [0, 0.1) is 0 Å².